The first-order valence-corrected chi connectivity index (χ1v) is 11.2. The summed E-state index contributed by atoms with van der Waals surface area (Å²) in [5.41, 5.74) is 0.620. The molecule has 0 spiro atoms. The molecule has 0 aliphatic carbocycles. The van der Waals surface area contributed by atoms with Crippen molar-refractivity contribution in [1.29, 1.82) is 0 Å². The van der Waals surface area contributed by atoms with E-state index in [-0.39, 0.29) is 24.1 Å². The molecule has 2 aromatic rings. The first-order chi connectivity index (χ1) is 14.4. The zero-order chi connectivity index (χ0) is 21.9. The summed E-state index contributed by atoms with van der Waals surface area (Å²) >= 11 is 1.31. The fourth-order valence-electron chi connectivity index (χ4n) is 2.91. The van der Waals surface area contributed by atoms with Gasteiger partial charge in [-0.2, -0.15) is 0 Å². The number of carbonyl (C=O) groups is 3. The Balaban J connectivity index is 1.79. The lowest BCUT2D eigenvalue weighted by Gasteiger charge is -2.21. The Morgan fingerprint density at radius 1 is 1.13 bits per heavy atom. The van der Waals surface area contributed by atoms with Crippen LogP contribution in [0.1, 0.15) is 58.6 Å². The lowest BCUT2D eigenvalue weighted by atomic mass is 10.2. The minimum atomic E-state index is -0.160. The van der Waals surface area contributed by atoms with Crippen LogP contribution < -0.4 is 10.6 Å². The van der Waals surface area contributed by atoms with Gasteiger partial charge in [-0.15, -0.1) is 11.3 Å². The first-order valence-electron chi connectivity index (χ1n) is 10.3. The largest absolute Gasteiger partial charge is 0.458 e. The summed E-state index contributed by atoms with van der Waals surface area (Å²) in [6, 6.07) is 3.56. The maximum atomic E-state index is 12.3. The van der Waals surface area contributed by atoms with Gasteiger partial charge >= 0.3 is 0 Å². The van der Waals surface area contributed by atoms with Gasteiger partial charge in [0, 0.05) is 38.2 Å². The monoisotopic (exact) mass is 434 g/mol. The van der Waals surface area contributed by atoms with Crippen molar-refractivity contribution >= 4 is 34.2 Å². The number of carbonyl (C=O) groups excluding carboxylic acids is 3. The summed E-state index contributed by atoms with van der Waals surface area (Å²) in [4.78, 5) is 41.7. The van der Waals surface area contributed by atoms with Crippen molar-refractivity contribution in [2.24, 2.45) is 0 Å². The zero-order valence-corrected chi connectivity index (χ0v) is 18.6. The summed E-state index contributed by atoms with van der Waals surface area (Å²) in [5.74, 6) is 1.02. The molecule has 0 fully saturated rings. The standard InChI is InChI=1S/C21H30N4O4S/c1-4-11-25(12-5-2)20(28)8-6-7-19(27)24-21-23-17(14-30-21)18-10-9-16(29-18)13-22-15(3)26/h9-10,14H,4-8,11-13H2,1-3H3,(H,22,26)(H,23,24,27). The number of aromatic nitrogens is 1. The van der Waals surface area contributed by atoms with Crippen molar-refractivity contribution < 1.29 is 18.8 Å². The van der Waals surface area contributed by atoms with Crippen molar-refractivity contribution in [3.63, 3.8) is 0 Å². The summed E-state index contributed by atoms with van der Waals surface area (Å²) in [5, 5.41) is 7.73. The van der Waals surface area contributed by atoms with Gasteiger partial charge in [0.05, 0.1) is 6.54 Å². The van der Waals surface area contributed by atoms with Crippen molar-refractivity contribution in [3.8, 4) is 11.5 Å². The number of anilines is 1. The molecule has 0 aliphatic heterocycles. The molecule has 0 atom stereocenters. The van der Waals surface area contributed by atoms with Gasteiger partial charge in [-0.3, -0.25) is 14.4 Å². The topological polar surface area (TPSA) is 105 Å². The van der Waals surface area contributed by atoms with Crippen LogP contribution >= 0.6 is 11.3 Å². The second kappa shape index (κ2) is 12.1. The number of hydrogen-bond acceptors (Lipinski definition) is 6. The molecule has 2 N–H and O–H groups in total. The molecular weight excluding hydrogens is 404 g/mol. The predicted octanol–water partition coefficient (Wildman–Crippen LogP) is 3.80. The molecule has 2 heterocycles. The Hall–Kier alpha value is -2.68. The van der Waals surface area contributed by atoms with E-state index in [9.17, 15) is 14.4 Å². The third kappa shape index (κ3) is 7.62. The number of furan rings is 1. The van der Waals surface area contributed by atoms with Crippen molar-refractivity contribution in [1.82, 2.24) is 15.2 Å². The number of rotatable bonds is 12. The van der Waals surface area contributed by atoms with Crippen LogP contribution in [0.25, 0.3) is 11.5 Å². The van der Waals surface area contributed by atoms with E-state index < -0.39 is 0 Å². The van der Waals surface area contributed by atoms with E-state index in [1.165, 1.54) is 18.3 Å². The van der Waals surface area contributed by atoms with Gasteiger partial charge in [-0.1, -0.05) is 13.8 Å². The number of hydrogen-bond donors (Lipinski definition) is 2. The highest BCUT2D eigenvalue weighted by molar-refractivity contribution is 7.14. The molecular formula is C21H30N4O4S. The molecule has 164 valence electrons. The molecule has 3 amide bonds. The molecule has 2 aromatic heterocycles. The Kier molecular flexibility index (Phi) is 9.53. The summed E-state index contributed by atoms with van der Waals surface area (Å²) in [6.07, 6.45) is 3.03. The third-order valence-corrected chi connectivity index (χ3v) is 5.07. The lowest BCUT2D eigenvalue weighted by molar-refractivity contribution is -0.131. The summed E-state index contributed by atoms with van der Waals surface area (Å²) < 4.78 is 5.67. The summed E-state index contributed by atoms with van der Waals surface area (Å²) in [6.45, 7) is 7.40. The SMILES string of the molecule is CCCN(CCC)C(=O)CCCC(=O)Nc1nc(-c2ccc(CNC(C)=O)o2)cs1. The van der Waals surface area contributed by atoms with Gasteiger partial charge in [0.15, 0.2) is 10.9 Å². The molecule has 0 bridgehead atoms. The highest BCUT2D eigenvalue weighted by atomic mass is 32.1. The minimum absolute atomic E-state index is 0.107. The second-order valence-corrected chi connectivity index (χ2v) is 7.85. The van der Waals surface area contributed by atoms with Crippen LogP contribution in [0.15, 0.2) is 21.9 Å². The van der Waals surface area contributed by atoms with Gasteiger partial charge in [0.1, 0.15) is 11.5 Å². The molecule has 8 nitrogen and oxygen atoms in total. The predicted molar refractivity (Wildman–Crippen MR) is 117 cm³/mol. The van der Waals surface area contributed by atoms with Crippen molar-refractivity contribution in [2.75, 3.05) is 18.4 Å². The normalized spacial score (nSPS) is 10.6. The van der Waals surface area contributed by atoms with Crippen LogP contribution in [0.3, 0.4) is 0 Å². The molecule has 2 rings (SSSR count). The second-order valence-electron chi connectivity index (χ2n) is 7.00. The number of amides is 3. The van der Waals surface area contributed by atoms with Crippen molar-refractivity contribution in [3.05, 3.63) is 23.3 Å². The van der Waals surface area contributed by atoms with Gasteiger partial charge in [0.25, 0.3) is 0 Å². The maximum Gasteiger partial charge on any atom is 0.226 e. The average Bonchev–Trinajstić information content (AvgIpc) is 3.35. The molecule has 0 saturated carbocycles. The smallest absolute Gasteiger partial charge is 0.226 e. The van der Waals surface area contributed by atoms with Gasteiger partial charge in [0.2, 0.25) is 17.7 Å². The Bertz CT molecular complexity index is 840. The highest BCUT2D eigenvalue weighted by Gasteiger charge is 2.14. The quantitative estimate of drug-likeness (QED) is 0.529. The number of nitrogens with zero attached hydrogens (tertiary/aromatic N) is 2. The van der Waals surface area contributed by atoms with E-state index in [1.807, 2.05) is 4.90 Å². The maximum absolute atomic E-state index is 12.3. The van der Waals surface area contributed by atoms with Crippen LogP contribution in [-0.4, -0.2) is 40.7 Å². The van der Waals surface area contributed by atoms with Crippen LogP contribution in [0.4, 0.5) is 5.13 Å². The lowest BCUT2D eigenvalue weighted by Crippen LogP contribution is -2.32. The van der Waals surface area contributed by atoms with E-state index >= 15 is 0 Å². The minimum Gasteiger partial charge on any atom is -0.458 e. The van der Waals surface area contributed by atoms with E-state index in [0.717, 1.165) is 25.9 Å². The van der Waals surface area contributed by atoms with Crippen LogP contribution in [-0.2, 0) is 20.9 Å². The van der Waals surface area contributed by atoms with E-state index in [4.69, 9.17) is 4.42 Å². The average molecular weight is 435 g/mol. The van der Waals surface area contributed by atoms with Gasteiger partial charge < -0.3 is 20.0 Å². The van der Waals surface area contributed by atoms with Crippen LogP contribution in [0.5, 0.6) is 0 Å². The first kappa shape index (κ1) is 23.6. The zero-order valence-electron chi connectivity index (χ0n) is 17.8. The van der Waals surface area contributed by atoms with Crippen LogP contribution in [0, 0.1) is 0 Å². The van der Waals surface area contributed by atoms with Gasteiger partial charge in [-0.05, 0) is 31.4 Å². The Morgan fingerprint density at radius 3 is 2.53 bits per heavy atom. The fraction of sp³-hybridized carbons (Fsp3) is 0.524. The van der Waals surface area contributed by atoms with Crippen LogP contribution in [0.2, 0.25) is 0 Å². The molecule has 30 heavy (non-hydrogen) atoms. The molecule has 0 aliphatic rings. The van der Waals surface area contributed by atoms with E-state index in [0.29, 0.717) is 41.7 Å². The Morgan fingerprint density at radius 2 is 1.87 bits per heavy atom. The number of thiazole rings is 1. The fourth-order valence-corrected chi connectivity index (χ4v) is 3.62. The van der Waals surface area contributed by atoms with E-state index in [2.05, 4.69) is 29.5 Å². The third-order valence-electron chi connectivity index (χ3n) is 4.31. The Labute approximate surface area is 181 Å². The molecule has 0 aromatic carbocycles. The molecule has 0 saturated heterocycles. The number of nitrogens with one attached hydrogen (secondary N) is 2. The highest BCUT2D eigenvalue weighted by Crippen LogP contribution is 2.26. The molecule has 9 heteroatoms. The van der Waals surface area contributed by atoms with Gasteiger partial charge in [-0.25, -0.2) is 4.98 Å². The molecule has 0 unspecified atom stereocenters. The van der Waals surface area contributed by atoms with E-state index in [1.54, 1.807) is 17.5 Å². The molecule has 0 radical (unpaired) electrons. The van der Waals surface area contributed by atoms with Crippen molar-refractivity contribution in [2.45, 2.75) is 59.4 Å². The summed E-state index contributed by atoms with van der Waals surface area (Å²) in [7, 11) is 0.